The van der Waals surface area contributed by atoms with Gasteiger partial charge in [-0.3, -0.25) is 0 Å². The number of methoxy groups -OCH3 is 1. The van der Waals surface area contributed by atoms with Gasteiger partial charge in [-0.05, 0) is 12.5 Å². The fourth-order valence-corrected chi connectivity index (χ4v) is 4.32. The van der Waals surface area contributed by atoms with E-state index in [9.17, 15) is 12.8 Å². The molecule has 2 heterocycles. The van der Waals surface area contributed by atoms with Crippen molar-refractivity contribution in [2.45, 2.75) is 19.1 Å². The first-order chi connectivity index (χ1) is 14.8. The normalized spacial score (nSPS) is 11.6. The standard InChI is InChI=1S/C19H22F2N6O3S/c1-3-8-31(28,29)10-12-4-5-13(20)16(15(12)21)26-18-17-14(24-11-25-18)9-23-19(27-17)22-6-7-30-2/h4-5,9,11H,3,6-8,10H2,1-2H3,(H,22,23,27)(H,24,25,26). The van der Waals surface area contributed by atoms with E-state index < -0.39 is 32.9 Å². The first-order valence-corrected chi connectivity index (χ1v) is 11.3. The quantitative estimate of drug-likeness (QED) is 0.448. The molecule has 12 heteroatoms. The zero-order chi connectivity index (χ0) is 22.4. The highest BCUT2D eigenvalue weighted by molar-refractivity contribution is 7.90. The molecule has 2 aromatic heterocycles. The number of fused-ring (bicyclic) bond motifs is 1. The third kappa shape index (κ3) is 5.58. The van der Waals surface area contributed by atoms with Crippen LogP contribution >= 0.6 is 0 Å². The van der Waals surface area contributed by atoms with Gasteiger partial charge < -0.3 is 15.4 Å². The highest BCUT2D eigenvalue weighted by atomic mass is 32.2. The lowest BCUT2D eigenvalue weighted by atomic mass is 10.2. The largest absolute Gasteiger partial charge is 0.383 e. The number of anilines is 3. The van der Waals surface area contributed by atoms with Crippen molar-refractivity contribution in [1.29, 1.82) is 0 Å². The van der Waals surface area contributed by atoms with Crippen molar-refractivity contribution in [3.63, 3.8) is 0 Å². The number of nitrogens with zero attached hydrogens (tertiary/aromatic N) is 4. The van der Waals surface area contributed by atoms with E-state index >= 15 is 4.39 Å². The van der Waals surface area contributed by atoms with E-state index in [0.717, 1.165) is 12.1 Å². The molecule has 3 aromatic rings. The van der Waals surface area contributed by atoms with Gasteiger partial charge in [0, 0.05) is 19.2 Å². The van der Waals surface area contributed by atoms with E-state index in [-0.39, 0.29) is 28.6 Å². The van der Waals surface area contributed by atoms with Crippen molar-refractivity contribution < 1.29 is 21.9 Å². The summed E-state index contributed by atoms with van der Waals surface area (Å²) in [6.45, 7) is 2.60. The Balaban J connectivity index is 1.96. The predicted molar refractivity (Wildman–Crippen MR) is 113 cm³/mol. The van der Waals surface area contributed by atoms with Crippen LogP contribution in [0.1, 0.15) is 18.9 Å². The number of aromatic nitrogens is 4. The van der Waals surface area contributed by atoms with Gasteiger partial charge in [-0.1, -0.05) is 13.0 Å². The summed E-state index contributed by atoms with van der Waals surface area (Å²) in [7, 11) is -1.96. The van der Waals surface area contributed by atoms with Crippen LogP contribution in [0.25, 0.3) is 11.0 Å². The van der Waals surface area contributed by atoms with Gasteiger partial charge in [-0.15, -0.1) is 0 Å². The minimum atomic E-state index is -3.52. The third-order valence-electron chi connectivity index (χ3n) is 4.27. The van der Waals surface area contributed by atoms with Gasteiger partial charge in [0.25, 0.3) is 0 Å². The SMILES string of the molecule is CCCS(=O)(=O)Cc1ccc(F)c(Nc2ncnc3cnc(NCCOC)nc23)c1F. The number of sulfone groups is 1. The Morgan fingerprint density at radius 3 is 2.71 bits per heavy atom. The second kappa shape index (κ2) is 9.88. The number of ether oxygens (including phenoxy) is 1. The summed E-state index contributed by atoms with van der Waals surface area (Å²) in [4.78, 5) is 16.5. The number of halogens is 2. The lowest BCUT2D eigenvalue weighted by Crippen LogP contribution is -2.12. The molecule has 0 bridgehead atoms. The van der Waals surface area contributed by atoms with E-state index in [2.05, 4.69) is 30.6 Å². The number of benzene rings is 1. The summed E-state index contributed by atoms with van der Waals surface area (Å²) in [6, 6.07) is 2.14. The minimum Gasteiger partial charge on any atom is -0.383 e. The average molecular weight is 452 g/mol. The van der Waals surface area contributed by atoms with Crippen molar-refractivity contribution in [2.75, 3.05) is 36.6 Å². The minimum absolute atomic E-state index is 0.0496. The molecule has 9 nitrogen and oxygen atoms in total. The van der Waals surface area contributed by atoms with Crippen molar-refractivity contribution in [3.05, 3.63) is 41.9 Å². The molecule has 0 saturated carbocycles. The number of hydrogen-bond donors (Lipinski definition) is 2. The number of rotatable bonds is 10. The van der Waals surface area contributed by atoms with Crippen LogP contribution in [0.15, 0.2) is 24.7 Å². The van der Waals surface area contributed by atoms with Crippen molar-refractivity contribution in [1.82, 2.24) is 19.9 Å². The maximum atomic E-state index is 15.0. The average Bonchev–Trinajstić information content (AvgIpc) is 2.73. The van der Waals surface area contributed by atoms with Gasteiger partial charge in [-0.25, -0.2) is 37.1 Å². The zero-order valence-electron chi connectivity index (χ0n) is 17.0. The van der Waals surface area contributed by atoms with Crippen LogP contribution in [0.2, 0.25) is 0 Å². The van der Waals surface area contributed by atoms with Crippen LogP contribution in [0, 0.1) is 11.6 Å². The van der Waals surface area contributed by atoms with Gasteiger partial charge in [0.05, 0.1) is 24.3 Å². The lowest BCUT2D eigenvalue weighted by molar-refractivity contribution is 0.210. The van der Waals surface area contributed by atoms with E-state index in [1.165, 1.54) is 12.5 Å². The van der Waals surface area contributed by atoms with Crippen LogP contribution in [0.3, 0.4) is 0 Å². The molecule has 2 N–H and O–H groups in total. The topological polar surface area (TPSA) is 119 Å². The van der Waals surface area contributed by atoms with Crippen molar-refractivity contribution in [2.24, 2.45) is 0 Å². The number of hydrogen-bond acceptors (Lipinski definition) is 9. The third-order valence-corrected chi connectivity index (χ3v) is 6.05. The molecule has 1 aromatic carbocycles. The lowest BCUT2D eigenvalue weighted by Gasteiger charge is -2.13. The van der Waals surface area contributed by atoms with Gasteiger partial charge in [0.1, 0.15) is 28.9 Å². The van der Waals surface area contributed by atoms with Crippen LogP contribution in [-0.2, 0) is 20.3 Å². The molecule has 0 aliphatic rings. The summed E-state index contributed by atoms with van der Waals surface area (Å²) in [5, 5.41) is 5.55. The van der Waals surface area contributed by atoms with E-state index in [0.29, 0.717) is 25.1 Å². The molecule has 0 aliphatic heterocycles. The molecule has 0 fully saturated rings. The Labute approximate surface area is 178 Å². The Morgan fingerprint density at radius 1 is 1.16 bits per heavy atom. The summed E-state index contributed by atoms with van der Waals surface area (Å²) in [5.74, 6) is -2.19. The highest BCUT2D eigenvalue weighted by Gasteiger charge is 2.20. The summed E-state index contributed by atoms with van der Waals surface area (Å²) < 4.78 is 58.6. The van der Waals surface area contributed by atoms with Crippen molar-refractivity contribution >= 4 is 38.3 Å². The fourth-order valence-electron chi connectivity index (χ4n) is 2.86. The zero-order valence-corrected chi connectivity index (χ0v) is 17.8. The first-order valence-electron chi connectivity index (χ1n) is 9.49. The Hall–Kier alpha value is -2.99. The Morgan fingerprint density at radius 2 is 1.97 bits per heavy atom. The molecule has 0 radical (unpaired) electrons. The van der Waals surface area contributed by atoms with Gasteiger partial charge in [0.15, 0.2) is 21.5 Å². The molecule has 0 atom stereocenters. The predicted octanol–water partition coefficient (Wildman–Crippen LogP) is 2.82. The van der Waals surface area contributed by atoms with Gasteiger partial charge in [0.2, 0.25) is 5.95 Å². The summed E-state index contributed by atoms with van der Waals surface area (Å²) in [6.07, 6.45) is 3.06. The maximum absolute atomic E-state index is 15.0. The van der Waals surface area contributed by atoms with E-state index in [1.807, 2.05) is 0 Å². The smallest absolute Gasteiger partial charge is 0.223 e. The maximum Gasteiger partial charge on any atom is 0.223 e. The second-order valence-electron chi connectivity index (χ2n) is 6.68. The molecule has 31 heavy (non-hydrogen) atoms. The van der Waals surface area contributed by atoms with Crippen molar-refractivity contribution in [3.8, 4) is 0 Å². The molecule has 0 aliphatic carbocycles. The Bertz CT molecular complexity index is 1180. The molecule has 3 rings (SSSR count). The molecule has 0 amide bonds. The van der Waals surface area contributed by atoms with Gasteiger partial charge >= 0.3 is 0 Å². The van der Waals surface area contributed by atoms with Crippen LogP contribution < -0.4 is 10.6 Å². The van der Waals surface area contributed by atoms with Crippen LogP contribution in [0.4, 0.5) is 26.2 Å². The second-order valence-corrected chi connectivity index (χ2v) is 8.87. The summed E-state index contributed by atoms with van der Waals surface area (Å²) >= 11 is 0. The molecular formula is C19H22F2N6O3S. The van der Waals surface area contributed by atoms with E-state index in [1.54, 1.807) is 14.0 Å². The molecule has 0 unspecified atom stereocenters. The van der Waals surface area contributed by atoms with Crippen LogP contribution in [-0.4, -0.2) is 54.4 Å². The molecule has 166 valence electrons. The Kier molecular flexibility index (Phi) is 7.23. The first kappa shape index (κ1) is 22.7. The molecule has 0 saturated heterocycles. The number of nitrogens with one attached hydrogen (secondary N) is 2. The summed E-state index contributed by atoms with van der Waals surface area (Å²) in [5.41, 5.74) is -0.0542. The molecular weight excluding hydrogens is 430 g/mol. The van der Waals surface area contributed by atoms with Crippen LogP contribution in [0.5, 0.6) is 0 Å². The monoisotopic (exact) mass is 452 g/mol. The van der Waals surface area contributed by atoms with Gasteiger partial charge in [-0.2, -0.15) is 0 Å². The highest BCUT2D eigenvalue weighted by Crippen LogP contribution is 2.28. The van der Waals surface area contributed by atoms with E-state index in [4.69, 9.17) is 4.74 Å². The molecule has 0 spiro atoms. The fraction of sp³-hybridized carbons (Fsp3) is 0.368.